The van der Waals surface area contributed by atoms with Gasteiger partial charge in [-0.25, -0.2) is 13.2 Å². The second kappa shape index (κ2) is 5.92. The Morgan fingerprint density at radius 1 is 1.21 bits per heavy atom. The van der Waals surface area contributed by atoms with E-state index in [1.165, 1.54) is 6.07 Å². The molecule has 0 radical (unpaired) electrons. The number of benzene rings is 1. The average Bonchev–Trinajstić information content (AvgIpc) is 2.38. The summed E-state index contributed by atoms with van der Waals surface area (Å²) in [6.07, 6.45) is 0.726. The number of hydrogen-bond acceptors (Lipinski definition) is 2. The normalized spacial score (nSPS) is 16.5. The van der Waals surface area contributed by atoms with Gasteiger partial charge < -0.3 is 10.2 Å². The summed E-state index contributed by atoms with van der Waals surface area (Å²) in [5.41, 5.74) is -0.278. The highest BCUT2D eigenvalue weighted by Gasteiger charge is 2.37. The lowest BCUT2D eigenvalue weighted by atomic mass is 9.83. The van der Waals surface area contributed by atoms with Gasteiger partial charge >= 0.3 is 0 Å². The molecule has 0 spiro atoms. The molecule has 0 aliphatic rings. The van der Waals surface area contributed by atoms with Crippen LogP contribution in [0.3, 0.4) is 0 Å². The lowest BCUT2D eigenvalue weighted by molar-refractivity contribution is 0.114. The molecule has 1 N–H and O–H groups in total. The first-order chi connectivity index (χ1) is 8.79. The van der Waals surface area contributed by atoms with E-state index in [4.69, 9.17) is 0 Å². The first-order valence-electron chi connectivity index (χ1n) is 6.27. The van der Waals surface area contributed by atoms with Crippen molar-refractivity contribution in [3.63, 3.8) is 0 Å². The van der Waals surface area contributed by atoms with Crippen molar-refractivity contribution in [2.75, 3.05) is 21.1 Å². The van der Waals surface area contributed by atoms with Crippen LogP contribution in [0.2, 0.25) is 0 Å². The van der Waals surface area contributed by atoms with Crippen LogP contribution >= 0.6 is 0 Å². The zero-order valence-electron chi connectivity index (χ0n) is 12.0. The fraction of sp³-hybridized carbons (Fsp3) is 0.571. The van der Waals surface area contributed by atoms with E-state index in [1.54, 1.807) is 7.05 Å². The first kappa shape index (κ1) is 16.0. The minimum absolute atomic E-state index is 0.138. The van der Waals surface area contributed by atoms with Crippen LogP contribution in [0.5, 0.6) is 0 Å². The Morgan fingerprint density at radius 2 is 1.79 bits per heavy atom. The van der Waals surface area contributed by atoms with Gasteiger partial charge in [-0.2, -0.15) is 0 Å². The molecule has 2 nitrogen and oxygen atoms in total. The monoisotopic (exact) mass is 274 g/mol. The second-order valence-electron chi connectivity index (χ2n) is 5.09. The van der Waals surface area contributed by atoms with Crippen molar-refractivity contribution in [2.24, 2.45) is 0 Å². The molecule has 5 heteroatoms. The highest BCUT2D eigenvalue weighted by atomic mass is 19.2. The Hall–Kier alpha value is -1.07. The van der Waals surface area contributed by atoms with E-state index in [0.717, 1.165) is 12.5 Å². The van der Waals surface area contributed by atoms with Gasteiger partial charge in [-0.15, -0.1) is 0 Å². The average molecular weight is 274 g/mol. The van der Waals surface area contributed by atoms with Gasteiger partial charge in [0.15, 0.2) is 17.5 Å². The SMILES string of the molecule is CCC(C)(C(NC)c1ccc(F)c(F)c1F)N(C)C. The van der Waals surface area contributed by atoms with Gasteiger partial charge in [0.1, 0.15) is 0 Å². The molecule has 108 valence electrons. The Morgan fingerprint density at radius 3 is 2.21 bits per heavy atom. The molecule has 0 aliphatic heterocycles. The van der Waals surface area contributed by atoms with Gasteiger partial charge in [0.2, 0.25) is 0 Å². The van der Waals surface area contributed by atoms with Gasteiger partial charge in [-0.1, -0.05) is 13.0 Å². The largest absolute Gasteiger partial charge is 0.311 e. The molecule has 0 heterocycles. The Labute approximate surface area is 112 Å². The molecule has 0 fully saturated rings. The van der Waals surface area contributed by atoms with Crippen LogP contribution in [-0.4, -0.2) is 31.6 Å². The molecule has 2 unspecified atom stereocenters. The summed E-state index contributed by atoms with van der Waals surface area (Å²) < 4.78 is 40.4. The van der Waals surface area contributed by atoms with Crippen molar-refractivity contribution in [1.82, 2.24) is 10.2 Å². The van der Waals surface area contributed by atoms with Crippen molar-refractivity contribution in [3.05, 3.63) is 35.1 Å². The Kier molecular flexibility index (Phi) is 4.98. The third kappa shape index (κ3) is 2.77. The highest BCUT2D eigenvalue weighted by Crippen LogP contribution is 2.34. The predicted molar refractivity (Wildman–Crippen MR) is 70.5 cm³/mol. The van der Waals surface area contributed by atoms with E-state index < -0.39 is 29.0 Å². The van der Waals surface area contributed by atoms with Crippen molar-refractivity contribution < 1.29 is 13.2 Å². The van der Waals surface area contributed by atoms with Crippen LogP contribution < -0.4 is 5.32 Å². The van der Waals surface area contributed by atoms with Crippen LogP contribution in [-0.2, 0) is 0 Å². The van der Waals surface area contributed by atoms with Crippen molar-refractivity contribution in [2.45, 2.75) is 31.8 Å². The molecule has 2 atom stereocenters. The van der Waals surface area contributed by atoms with Gasteiger partial charge in [0, 0.05) is 11.1 Å². The number of nitrogens with one attached hydrogen (secondary N) is 1. The maximum atomic E-state index is 14.0. The quantitative estimate of drug-likeness (QED) is 0.830. The topological polar surface area (TPSA) is 15.3 Å². The molecule has 0 aliphatic carbocycles. The molecule has 0 bridgehead atoms. The smallest absolute Gasteiger partial charge is 0.194 e. The number of nitrogens with zero attached hydrogens (tertiary/aromatic N) is 1. The van der Waals surface area contributed by atoms with Crippen LogP contribution in [0.15, 0.2) is 12.1 Å². The maximum Gasteiger partial charge on any atom is 0.194 e. The molecule has 1 rings (SSSR count). The molecule has 1 aromatic rings. The molecule has 0 amide bonds. The summed E-state index contributed by atoms with van der Waals surface area (Å²) in [6.45, 7) is 3.93. The number of halogens is 3. The third-order valence-electron chi connectivity index (χ3n) is 4.02. The standard InChI is InChI=1S/C14H21F3N2/c1-6-14(2,19(4)5)13(18-3)9-7-8-10(15)12(17)11(9)16/h7-8,13,18H,6H2,1-5H3. The summed E-state index contributed by atoms with van der Waals surface area (Å²) in [5, 5.41) is 3.01. The van der Waals surface area contributed by atoms with Crippen molar-refractivity contribution in [3.8, 4) is 0 Å². The van der Waals surface area contributed by atoms with Gasteiger partial charge in [-0.3, -0.25) is 0 Å². The Bertz CT molecular complexity index is 449. The zero-order valence-corrected chi connectivity index (χ0v) is 12.0. The molecule has 19 heavy (non-hydrogen) atoms. The van der Waals surface area contributed by atoms with E-state index in [-0.39, 0.29) is 5.56 Å². The molecule has 0 aromatic heterocycles. The number of rotatable bonds is 5. The van der Waals surface area contributed by atoms with Crippen LogP contribution in [0, 0.1) is 17.5 Å². The van der Waals surface area contributed by atoms with Crippen molar-refractivity contribution in [1.29, 1.82) is 0 Å². The van der Waals surface area contributed by atoms with Gasteiger partial charge in [-0.05, 0) is 40.6 Å². The van der Waals surface area contributed by atoms with Crippen LogP contribution in [0.1, 0.15) is 31.9 Å². The summed E-state index contributed by atoms with van der Waals surface area (Å²) in [6, 6.07) is 1.82. The number of likely N-dealkylation sites (N-methyl/N-ethyl adjacent to an activating group) is 2. The van der Waals surface area contributed by atoms with Crippen LogP contribution in [0.4, 0.5) is 13.2 Å². The van der Waals surface area contributed by atoms with E-state index in [1.807, 2.05) is 32.8 Å². The predicted octanol–water partition coefficient (Wildman–Crippen LogP) is 3.09. The minimum Gasteiger partial charge on any atom is -0.311 e. The zero-order chi connectivity index (χ0) is 14.8. The van der Waals surface area contributed by atoms with Gasteiger partial charge in [0.05, 0.1) is 6.04 Å². The molecular formula is C14H21F3N2. The highest BCUT2D eigenvalue weighted by molar-refractivity contribution is 5.26. The summed E-state index contributed by atoms with van der Waals surface area (Å²) in [7, 11) is 5.44. The van der Waals surface area contributed by atoms with Crippen LogP contribution in [0.25, 0.3) is 0 Å². The van der Waals surface area contributed by atoms with Gasteiger partial charge in [0.25, 0.3) is 0 Å². The molecule has 0 saturated heterocycles. The molecule has 1 aromatic carbocycles. The fourth-order valence-electron chi connectivity index (χ4n) is 2.34. The van der Waals surface area contributed by atoms with E-state index in [2.05, 4.69) is 5.32 Å². The van der Waals surface area contributed by atoms with E-state index >= 15 is 0 Å². The summed E-state index contributed by atoms with van der Waals surface area (Å²) in [4.78, 5) is 1.95. The summed E-state index contributed by atoms with van der Waals surface area (Å²) in [5.74, 6) is -3.71. The second-order valence-corrected chi connectivity index (χ2v) is 5.09. The lowest BCUT2D eigenvalue weighted by Crippen LogP contribution is -2.50. The molecular weight excluding hydrogens is 253 g/mol. The first-order valence-corrected chi connectivity index (χ1v) is 6.27. The summed E-state index contributed by atoms with van der Waals surface area (Å²) >= 11 is 0. The third-order valence-corrected chi connectivity index (χ3v) is 4.02. The minimum atomic E-state index is -1.42. The van der Waals surface area contributed by atoms with E-state index in [9.17, 15) is 13.2 Å². The van der Waals surface area contributed by atoms with E-state index in [0.29, 0.717) is 0 Å². The lowest BCUT2D eigenvalue weighted by Gasteiger charge is -2.43. The maximum absolute atomic E-state index is 14.0. The number of hydrogen-bond donors (Lipinski definition) is 1. The Balaban J connectivity index is 3.36. The van der Waals surface area contributed by atoms with Crippen molar-refractivity contribution >= 4 is 0 Å². The molecule has 0 saturated carbocycles. The fourth-order valence-corrected chi connectivity index (χ4v) is 2.34.